The van der Waals surface area contributed by atoms with Crippen LogP contribution in [-0.4, -0.2) is 10.8 Å². The van der Waals surface area contributed by atoms with Crippen LogP contribution < -0.4 is 5.63 Å². The lowest BCUT2D eigenvalue weighted by Crippen LogP contribution is -2.04. The highest BCUT2D eigenvalue weighted by Gasteiger charge is 2.27. The first-order valence-corrected chi connectivity index (χ1v) is 9.70. The molecule has 3 aromatic heterocycles. The summed E-state index contributed by atoms with van der Waals surface area (Å²) in [4.78, 5) is 28.8. The van der Waals surface area contributed by atoms with E-state index in [1.807, 2.05) is 69.4 Å². The average molecular weight is 397 g/mol. The number of carbonyl (C=O) groups excluding carboxylic acids is 1. The molecule has 2 aromatic carbocycles. The van der Waals surface area contributed by atoms with E-state index in [-0.39, 0.29) is 11.5 Å². The number of benzene rings is 2. The summed E-state index contributed by atoms with van der Waals surface area (Å²) >= 11 is 0. The van der Waals surface area contributed by atoms with Crippen molar-refractivity contribution in [3.63, 3.8) is 0 Å². The molecule has 5 rings (SSSR count). The highest BCUT2D eigenvalue weighted by atomic mass is 16.4. The van der Waals surface area contributed by atoms with Crippen molar-refractivity contribution in [2.24, 2.45) is 0 Å². The fourth-order valence-electron chi connectivity index (χ4n) is 4.12. The molecule has 5 nitrogen and oxygen atoms in total. The number of aromatic nitrogens is 1. The second kappa shape index (κ2) is 6.59. The van der Waals surface area contributed by atoms with Gasteiger partial charge >= 0.3 is 5.63 Å². The Balaban J connectivity index is 1.94. The van der Waals surface area contributed by atoms with Crippen molar-refractivity contribution < 1.29 is 13.6 Å². The number of fused-ring (bicyclic) bond motifs is 3. The first-order chi connectivity index (χ1) is 14.5. The Morgan fingerprint density at radius 1 is 0.933 bits per heavy atom. The first-order valence-electron chi connectivity index (χ1n) is 9.70. The zero-order chi connectivity index (χ0) is 21.0. The number of hydrogen-bond donors (Lipinski definition) is 1. The first kappa shape index (κ1) is 18.2. The molecular weight excluding hydrogens is 378 g/mol. The molecule has 0 saturated carbocycles. The number of nitrogens with one attached hydrogen (secondary N) is 1. The molecule has 5 aromatic rings. The topological polar surface area (TPSA) is 76.2 Å². The van der Waals surface area contributed by atoms with Crippen molar-refractivity contribution in [1.82, 2.24) is 4.98 Å². The third-order valence-electron chi connectivity index (χ3n) is 5.54. The molecule has 0 spiro atoms. The smallest absolute Gasteiger partial charge is 0.336 e. The van der Waals surface area contributed by atoms with Gasteiger partial charge < -0.3 is 13.8 Å². The van der Waals surface area contributed by atoms with E-state index in [1.54, 1.807) is 0 Å². The average Bonchev–Trinajstić information content (AvgIpc) is 3.28. The van der Waals surface area contributed by atoms with Crippen LogP contribution in [0.1, 0.15) is 32.9 Å². The van der Waals surface area contributed by atoms with E-state index in [4.69, 9.17) is 8.83 Å². The number of ketones is 1. The van der Waals surface area contributed by atoms with Gasteiger partial charge in [0.05, 0.1) is 5.39 Å². The summed E-state index contributed by atoms with van der Waals surface area (Å²) < 4.78 is 11.7. The Hall–Kier alpha value is -3.86. The van der Waals surface area contributed by atoms with Crippen LogP contribution in [0.2, 0.25) is 0 Å². The highest BCUT2D eigenvalue weighted by molar-refractivity contribution is 6.20. The van der Waals surface area contributed by atoms with Crippen molar-refractivity contribution in [2.75, 3.05) is 0 Å². The fraction of sp³-hybridized carbons (Fsp3) is 0.120. The number of carbonyl (C=O) groups is 1. The summed E-state index contributed by atoms with van der Waals surface area (Å²) in [5.74, 6) is 0.0307. The molecule has 5 heteroatoms. The van der Waals surface area contributed by atoms with Crippen LogP contribution in [0, 0.1) is 20.8 Å². The van der Waals surface area contributed by atoms with E-state index < -0.39 is 5.63 Å². The van der Waals surface area contributed by atoms with Gasteiger partial charge in [0, 0.05) is 34.5 Å². The van der Waals surface area contributed by atoms with Gasteiger partial charge in [-0.2, -0.15) is 0 Å². The van der Waals surface area contributed by atoms with Crippen molar-refractivity contribution in [2.45, 2.75) is 20.8 Å². The maximum atomic E-state index is 13.6. The molecule has 0 fully saturated rings. The number of furan rings is 1. The molecule has 1 N–H and O–H groups in total. The zero-order valence-corrected chi connectivity index (χ0v) is 16.8. The van der Waals surface area contributed by atoms with Gasteiger partial charge in [-0.25, -0.2) is 4.79 Å². The van der Waals surface area contributed by atoms with E-state index in [9.17, 15) is 9.59 Å². The molecular formula is C25H19NO4. The Bertz CT molecular complexity index is 1480. The third kappa shape index (κ3) is 2.63. The minimum absolute atomic E-state index is 0.204. The molecule has 0 amide bonds. The predicted molar refractivity (Wildman–Crippen MR) is 116 cm³/mol. The van der Waals surface area contributed by atoms with Crippen molar-refractivity contribution in [3.05, 3.63) is 93.3 Å². The van der Waals surface area contributed by atoms with Crippen LogP contribution in [0.15, 0.2) is 68.4 Å². The van der Waals surface area contributed by atoms with E-state index in [2.05, 4.69) is 4.98 Å². The van der Waals surface area contributed by atoms with Crippen LogP contribution >= 0.6 is 0 Å². The summed E-state index contributed by atoms with van der Waals surface area (Å²) in [6.07, 6.45) is 1.81. The fourth-order valence-corrected chi connectivity index (χ4v) is 4.12. The largest absolute Gasteiger partial charge is 0.452 e. The standard InChI is InChI=1S/C25H19NO4/c1-13-11-19(27)30-24-17(13)9-10-18-22(24)21(16-7-5-4-6-8-16)25(29-18)23(28)20-14(2)12-26-15(20)3/h4-12,26H,1-3H3. The highest BCUT2D eigenvalue weighted by Crippen LogP contribution is 2.40. The molecule has 0 unspecified atom stereocenters. The molecule has 0 saturated heterocycles. The summed E-state index contributed by atoms with van der Waals surface area (Å²) in [6, 6.07) is 14.7. The molecule has 0 radical (unpaired) electrons. The maximum Gasteiger partial charge on any atom is 0.336 e. The second-order valence-electron chi connectivity index (χ2n) is 7.54. The summed E-state index contributed by atoms with van der Waals surface area (Å²) in [5, 5.41) is 1.45. The van der Waals surface area contributed by atoms with Crippen LogP contribution in [-0.2, 0) is 0 Å². The van der Waals surface area contributed by atoms with Crippen molar-refractivity contribution in [1.29, 1.82) is 0 Å². The number of rotatable bonds is 3. The van der Waals surface area contributed by atoms with Gasteiger partial charge in [0.2, 0.25) is 5.78 Å². The second-order valence-corrected chi connectivity index (χ2v) is 7.54. The van der Waals surface area contributed by atoms with Gasteiger partial charge in [0.15, 0.2) is 5.76 Å². The quantitative estimate of drug-likeness (QED) is 0.313. The minimum atomic E-state index is -0.432. The normalized spacial score (nSPS) is 11.4. The molecule has 0 bridgehead atoms. The molecule has 0 aliphatic carbocycles. The SMILES string of the molecule is Cc1c[nH]c(C)c1C(=O)c1oc2ccc3c(C)cc(=O)oc3c2c1-c1ccccc1. The Morgan fingerprint density at radius 3 is 2.40 bits per heavy atom. The van der Waals surface area contributed by atoms with Gasteiger partial charge in [-0.15, -0.1) is 0 Å². The van der Waals surface area contributed by atoms with Gasteiger partial charge in [-0.3, -0.25) is 4.79 Å². The molecule has 0 atom stereocenters. The summed E-state index contributed by atoms with van der Waals surface area (Å²) in [5.41, 5.74) is 5.00. The summed E-state index contributed by atoms with van der Waals surface area (Å²) in [6.45, 7) is 5.62. The predicted octanol–water partition coefficient (Wildman–Crippen LogP) is 5.69. The van der Waals surface area contributed by atoms with E-state index in [1.165, 1.54) is 6.07 Å². The lowest BCUT2D eigenvalue weighted by atomic mass is 9.95. The number of H-pyrrole nitrogens is 1. The Morgan fingerprint density at radius 2 is 1.70 bits per heavy atom. The molecule has 148 valence electrons. The molecule has 3 heterocycles. The monoisotopic (exact) mass is 397 g/mol. The van der Waals surface area contributed by atoms with Crippen LogP contribution in [0.3, 0.4) is 0 Å². The van der Waals surface area contributed by atoms with E-state index in [0.29, 0.717) is 27.7 Å². The lowest BCUT2D eigenvalue weighted by molar-refractivity contribution is 0.101. The number of aryl methyl sites for hydroxylation is 3. The van der Waals surface area contributed by atoms with Crippen LogP contribution in [0.4, 0.5) is 0 Å². The van der Waals surface area contributed by atoms with Gasteiger partial charge in [0.1, 0.15) is 11.2 Å². The molecule has 0 aliphatic heterocycles. The van der Waals surface area contributed by atoms with Gasteiger partial charge in [0.25, 0.3) is 0 Å². The lowest BCUT2D eigenvalue weighted by Gasteiger charge is -2.06. The Kier molecular flexibility index (Phi) is 4.00. The van der Waals surface area contributed by atoms with Crippen LogP contribution in [0.25, 0.3) is 33.1 Å². The third-order valence-corrected chi connectivity index (χ3v) is 5.54. The number of aromatic amines is 1. The Labute approximate surface area is 172 Å². The van der Waals surface area contributed by atoms with Crippen LogP contribution in [0.5, 0.6) is 0 Å². The zero-order valence-electron chi connectivity index (χ0n) is 16.8. The minimum Gasteiger partial charge on any atom is -0.452 e. The van der Waals surface area contributed by atoms with Gasteiger partial charge in [-0.05, 0) is 49.6 Å². The summed E-state index contributed by atoms with van der Waals surface area (Å²) in [7, 11) is 0. The van der Waals surface area contributed by atoms with Crippen molar-refractivity contribution >= 4 is 27.7 Å². The molecule has 30 heavy (non-hydrogen) atoms. The van der Waals surface area contributed by atoms with E-state index >= 15 is 0 Å². The van der Waals surface area contributed by atoms with Crippen molar-refractivity contribution in [3.8, 4) is 11.1 Å². The molecule has 0 aliphatic rings. The maximum absolute atomic E-state index is 13.6. The number of hydrogen-bond acceptors (Lipinski definition) is 4. The van der Waals surface area contributed by atoms with Gasteiger partial charge in [-0.1, -0.05) is 30.3 Å². The van der Waals surface area contributed by atoms with E-state index in [0.717, 1.165) is 27.8 Å².